The number of hydrogen-bond acceptors (Lipinski definition) is 4. The first-order chi connectivity index (χ1) is 8.58. The lowest BCUT2D eigenvalue weighted by atomic mass is 10.1. The van der Waals surface area contributed by atoms with E-state index in [-0.39, 0.29) is 17.9 Å². The van der Waals surface area contributed by atoms with Crippen LogP contribution in [0.15, 0.2) is 0 Å². The molecule has 0 spiro atoms. The van der Waals surface area contributed by atoms with Gasteiger partial charge >= 0.3 is 0 Å². The van der Waals surface area contributed by atoms with E-state index in [1.165, 1.54) is 0 Å². The summed E-state index contributed by atoms with van der Waals surface area (Å²) in [6, 6.07) is 0.290. The lowest BCUT2D eigenvalue weighted by Gasteiger charge is -2.29. The fourth-order valence-electron chi connectivity index (χ4n) is 2.02. The summed E-state index contributed by atoms with van der Waals surface area (Å²) in [5.41, 5.74) is 10.8. The van der Waals surface area contributed by atoms with Crippen molar-refractivity contribution in [3.05, 3.63) is 0 Å². The highest BCUT2D eigenvalue weighted by atomic mass is 16.2. The molecule has 1 fully saturated rings. The van der Waals surface area contributed by atoms with Gasteiger partial charge in [0.2, 0.25) is 11.8 Å². The van der Waals surface area contributed by atoms with Gasteiger partial charge in [0.25, 0.3) is 0 Å². The van der Waals surface area contributed by atoms with E-state index in [9.17, 15) is 9.59 Å². The van der Waals surface area contributed by atoms with Crippen LogP contribution in [-0.2, 0) is 9.59 Å². The van der Waals surface area contributed by atoms with E-state index in [1.54, 1.807) is 0 Å². The highest BCUT2D eigenvalue weighted by Crippen LogP contribution is 2.07. The molecule has 0 aromatic carbocycles. The van der Waals surface area contributed by atoms with Crippen LogP contribution in [0.25, 0.3) is 0 Å². The first-order valence-electron chi connectivity index (χ1n) is 6.61. The van der Waals surface area contributed by atoms with E-state index in [2.05, 4.69) is 10.2 Å². The van der Waals surface area contributed by atoms with E-state index < -0.39 is 0 Å². The number of primary amides is 1. The molecule has 0 aromatic rings. The quantitative estimate of drug-likeness (QED) is 0.518. The van der Waals surface area contributed by atoms with Crippen LogP contribution in [0.2, 0.25) is 0 Å². The number of piperidine rings is 1. The van der Waals surface area contributed by atoms with Crippen LogP contribution in [0.3, 0.4) is 0 Å². The Bertz CT molecular complexity index is 275. The summed E-state index contributed by atoms with van der Waals surface area (Å²) in [5, 5.41) is 2.85. The van der Waals surface area contributed by atoms with Crippen molar-refractivity contribution in [2.75, 3.05) is 26.2 Å². The lowest BCUT2D eigenvalue weighted by Crippen LogP contribution is -2.44. The van der Waals surface area contributed by atoms with Gasteiger partial charge in [0, 0.05) is 32.1 Å². The molecule has 0 aliphatic carbocycles. The SMILES string of the molecule is NC(=O)CCCCNC(=O)CN1CCC(N)CC1. The largest absolute Gasteiger partial charge is 0.370 e. The Morgan fingerprint density at radius 3 is 2.50 bits per heavy atom. The van der Waals surface area contributed by atoms with Crippen LogP contribution in [0.5, 0.6) is 0 Å². The minimum Gasteiger partial charge on any atom is -0.370 e. The molecule has 0 unspecified atom stereocenters. The van der Waals surface area contributed by atoms with Gasteiger partial charge in [0.1, 0.15) is 0 Å². The Balaban J connectivity index is 2.01. The van der Waals surface area contributed by atoms with E-state index in [1.807, 2.05) is 0 Å². The lowest BCUT2D eigenvalue weighted by molar-refractivity contribution is -0.122. The van der Waals surface area contributed by atoms with Gasteiger partial charge in [-0.1, -0.05) is 0 Å². The molecule has 6 heteroatoms. The van der Waals surface area contributed by atoms with Crippen LogP contribution in [0, 0.1) is 0 Å². The molecule has 6 nitrogen and oxygen atoms in total. The average Bonchev–Trinajstić information content (AvgIpc) is 2.31. The summed E-state index contributed by atoms with van der Waals surface area (Å²) in [7, 11) is 0. The summed E-state index contributed by atoms with van der Waals surface area (Å²) in [6.45, 7) is 2.86. The number of carbonyl (C=O) groups excluding carboxylic acids is 2. The maximum absolute atomic E-state index is 11.6. The number of rotatable bonds is 7. The number of likely N-dealkylation sites (tertiary alicyclic amines) is 1. The summed E-state index contributed by atoms with van der Waals surface area (Å²) in [6.07, 6.45) is 3.84. The molecule has 0 radical (unpaired) electrons. The Morgan fingerprint density at radius 2 is 1.89 bits per heavy atom. The van der Waals surface area contributed by atoms with Crippen molar-refractivity contribution in [3.63, 3.8) is 0 Å². The zero-order valence-corrected chi connectivity index (χ0v) is 10.9. The minimum absolute atomic E-state index is 0.0459. The van der Waals surface area contributed by atoms with Crippen LogP contribution in [0.1, 0.15) is 32.1 Å². The molecule has 0 bridgehead atoms. The molecule has 2 amide bonds. The number of unbranched alkanes of at least 4 members (excludes halogenated alkanes) is 1. The molecule has 1 rings (SSSR count). The second kappa shape index (κ2) is 8.05. The van der Waals surface area contributed by atoms with Gasteiger partial charge in [-0.3, -0.25) is 14.5 Å². The number of carbonyl (C=O) groups is 2. The summed E-state index contributed by atoms with van der Waals surface area (Å²) >= 11 is 0. The van der Waals surface area contributed by atoms with Gasteiger partial charge in [-0.05, 0) is 25.7 Å². The monoisotopic (exact) mass is 256 g/mol. The van der Waals surface area contributed by atoms with Crippen LogP contribution >= 0.6 is 0 Å². The third-order valence-corrected chi connectivity index (χ3v) is 3.17. The van der Waals surface area contributed by atoms with E-state index in [0.717, 1.165) is 38.8 Å². The third-order valence-electron chi connectivity index (χ3n) is 3.17. The highest BCUT2D eigenvalue weighted by molar-refractivity contribution is 5.78. The zero-order chi connectivity index (χ0) is 13.4. The topological polar surface area (TPSA) is 101 Å². The minimum atomic E-state index is -0.286. The molecule has 1 saturated heterocycles. The number of nitrogens with zero attached hydrogens (tertiary/aromatic N) is 1. The van der Waals surface area contributed by atoms with Crippen LogP contribution in [0.4, 0.5) is 0 Å². The van der Waals surface area contributed by atoms with Crippen molar-refractivity contribution in [1.82, 2.24) is 10.2 Å². The van der Waals surface area contributed by atoms with Crippen LogP contribution < -0.4 is 16.8 Å². The van der Waals surface area contributed by atoms with E-state index >= 15 is 0 Å². The van der Waals surface area contributed by atoms with Crippen molar-refractivity contribution < 1.29 is 9.59 Å². The maximum Gasteiger partial charge on any atom is 0.234 e. The fourth-order valence-corrected chi connectivity index (χ4v) is 2.02. The first kappa shape index (κ1) is 14.9. The van der Waals surface area contributed by atoms with Gasteiger partial charge in [0.15, 0.2) is 0 Å². The smallest absolute Gasteiger partial charge is 0.234 e. The molecule has 5 N–H and O–H groups in total. The molecular formula is C12H24N4O2. The summed E-state index contributed by atoms with van der Waals surface area (Å²) in [5.74, 6) is -0.240. The molecule has 1 heterocycles. The number of hydrogen-bond donors (Lipinski definition) is 3. The first-order valence-corrected chi connectivity index (χ1v) is 6.61. The summed E-state index contributed by atoms with van der Waals surface area (Å²) < 4.78 is 0. The second-order valence-corrected chi connectivity index (χ2v) is 4.89. The van der Waals surface area contributed by atoms with Crippen LogP contribution in [-0.4, -0.2) is 48.9 Å². The zero-order valence-electron chi connectivity index (χ0n) is 10.9. The van der Waals surface area contributed by atoms with Crippen molar-refractivity contribution >= 4 is 11.8 Å². The molecule has 18 heavy (non-hydrogen) atoms. The van der Waals surface area contributed by atoms with Gasteiger partial charge in [0.05, 0.1) is 6.54 Å². The second-order valence-electron chi connectivity index (χ2n) is 4.89. The Morgan fingerprint density at radius 1 is 1.22 bits per heavy atom. The van der Waals surface area contributed by atoms with Crippen molar-refractivity contribution in [2.24, 2.45) is 11.5 Å². The predicted octanol–water partition coefficient (Wildman–Crippen LogP) is -0.819. The molecule has 0 aromatic heterocycles. The molecule has 104 valence electrons. The molecule has 1 aliphatic rings. The number of nitrogens with two attached hydrogens (primary N) is 2. The molecular weight excluding hydrogens is 232 g/mol. The predicted molar refractivity (Wildman–Crippen MR) is 69.7 cm³/mol. The standard InChI is InChI=1S/C12H24N4O2/c13-10-4-7-16(8-5-10)9-12(18)15-6-2-1-3-11(14)17/h10H,1-9,13H2,(H2,14,17)(H,15,18). The highest BCUT2D eigenvalue weighted by Gasteiger charge is 2.17. The van der Waals surface area contributed by atoms with Gasteiger partial charge in [-0.2, -0.15) is 0 Å². The third kappa shape index (κ3) is 6.56. The molecule has 1 aliphatic heterocycles. The van der Waals surface area contributed by atoms with E-state index in [4.69, 9.17) is 11.5 Å². The summed E-state index contributed by atoms with van der Waals surface area (Å²) in [4.78, 5) is 24.2. The fraction of sp³-hybridized carbons (Fsp3) is 0.833. The average molecular weight is 256 g/mol. The number of amides is 2. The van der Waals surface area contributed by atoms with Gasteiger partial charge in [-0.15, -0.1) is 0 Å². The maximum atomic E-state index is 11.6. The Kier molecular flexibility index (Phi) is 6.67. The van der Waals surface area contributed by atoms with Crippen molar-refractivity contribution in [2.45, 2.75) is 38.1 Å². The number of nitrogens with one attached hydrogen (secondary N) is 1. The molecule has 0 atom stereocenters. The van der Waals surface area contributed by atoms with Gasteiger partial charge in [-0.25, -0.2) is 0 Å². The normalized spacial score (nSPS) is 17.6. The van der Waals surface area contributed by atoms with Crippen molar-refractivity contribution in [1.29, 1.82) is 0 Å². The van der Waals surface area contributed by atoms with E-state index in [0.29, 0.717) is 19.5 Å². The molecule has 0 saturated carbocycles. The van der Waals surface area contributed by atoms with Gasteiger partial charge < -0.3 is 16.8 Å². The van der Waals surface area contributed by atoms with Crippen molar-refractivity contribution in [3.8, 4) is 0 Å². The Labute approximate surface area is 108 Å². The Hall–Kier alpha value is -1.14.